The summed E-state index contributed by atoms with van der Waals surface area (Å²) in [5, 5.41) is 3.44. The van der Waals surface area contributed by atoms with Gasteiger partial charge in [-0.25, -0.2) is 18.4 Å². The molecule has 0 bridgehead atoms. The number of alkyl halides is 3. The molecule has 1 aromatic carbocycles. The van der Waals surface area contributed by atoms with Crippen LogP contribution in [0.4, 0.5) is 13.2 Å². The Labute approximate surface area is 130 Å². The summed E-state index contributed by atoms with van der Waals surface area (Å²) >= 11 is 1.02. The van der Waals surface area contributed by atoms with E-state index in [1.165, 1.54) is 0 Å². The molecule has 2 heterocycles. The van der Waals surface area contributed by atoms with Gasteiger partial charge in [0.05, 0.1) is 13.2 Å². The highest BCUT2D eigenvalue weighted by molar-refractivity contribution is 8.00. The van der Waals surface area contributed by atoms with E-state index in [1.54, 1.807) is 4.68 Å². The third kappa shape index (κ3) is 2.86. The van der Waals surface area contributed by atoms with Gasteiger partial charge in [0.2, 0.25) is 5.16 Å². The average molecular weight is 327 g/mol. The monoisotopic (exact) mass is 327 g/mol. The third-order valence-corrected chi connectivity index (χ3v) is 4.88. The Morgan fingerprint density at radius 1 is 1.23 bits per heavy atom. The van der Waals surface area contributed by atoms with Crippen molar-refractivity contribution in [2.45, 2.75) is 41.6 Å². The first-order valence-corrected chi connectivity index (χ1v) is 7.87. The minimum absolute atomic E-state index is 0.141. The molecule has 1 fully saturated rings. The molecule has 1 aliphatic heterocycles. The van der Waals surface area contributed by atoms with Crippen molar-refractivity contribution in [2.75, 3.05) is 7.18 Å². The molecule has 3 nitrogen and oxygen atoms in total. The van der Waals surface area contributed by atoms with E-state index in [0.29, 0.717) is 37.4 Å². The Morgan fingerprint density at radius 3 is 2.55 bits per heavy atom. The van der Waals surface area contributed by atoms with E-state index >= 15 is 0 Å². The Balaban J connectivity index is 0.000000693. The summed E-state index contributed by atoms with van der Waals surface area (Å²) < 4.78 is 39.0. The zero-order valence-electron chi connectivity index (χ0n) is 12.0. The second kappa shape index (κ2) is 5.95. The largest absolute Gasteiger partial charge is 0.255 e. The molecule has 7 heteroatoms. The van der Waals surface area contributed by atoms with Crippen LogP contribution in [0.3, 0.4) is 0 Å². The van der Waals surface area contributed by atoms with Crippen LogP contribution >= 0.6 is 11.8 Å². The maximum Gasteiger partial charge on any atom is 0.211 e. The SMILES string of the molecule is CF.FC1CC(c2ccccc2)n2nc(SC3(F)CC3)nc21. The second-order valence-corrected chi connectivity index (χ2v) is 6.61. The first kappa shape index (κ1) is 15.4. The lowest BCUT2D eigenvalue weighted by Gasteiger charge is -2.11. The van der Waals surface area contributed by atoms with Crippen molar-refractivity contribution < 1.29 is 13.2 Å². The van der Waals surface area contributed by atoms with Crippen molar-refractivity contribution in [1.29, 1.82) is 0 Å². The van der Waals surface area contributed by atoms with E-state index in [4.69, 9.17) is 0 Å². The molecule has 22 heavy (non-hydrogen) atoms. The fourth-order valence-corrected chi connectivity index (χ4v) is 3.42. The molecule has 2 aliphatic rings. The first-order valence-electron chi connectivity index (χ1n) is 7.06. The van der Waals surface area contributed by atoms with Gasteiger partial charge in [0.15, 0.2) is 17.0 Å². The molecule has 2 aromatic rings. The molecule has 0 saturated heterocycles. The molecular formula is C15H16F3N3S. The Bertz CT molecular complexity index is 643. The predicted molar refractivity (Wildman–Crippen MR) is 79.0 cm³/mol. The van der Waals surface area contributed by atoms with Gasteiger partial charge in [-0.2, -0.15) is 0 Å². The lowest BCUT2D eigenvalue weighted by molar-refractivity contribution is 0.327. The lowest BCUT2D eigenvalue weighted by atomic mass is 10.0. The summed E-state index contributed by atoms with van der Waals surface area (Å²) in [5.74, 6) is 0.325. The van der Waals surface area contributed by atoms with Crippen LogP contribution in [-0.2, 0) is 0 Å². The summed E-state index contributed by atoms with van der Waals surface area (Å²) in [6.45, 7) is 0. The minimum Gasteiger partial charge on any atom is -0.255 e. The molecule has 0 radical (unpaired) electrons. The van der Waals surface area contributed by atoms with Crippen molar-refractivity contribution in [1.82, 2.24) is 14.8 Å². The summed E-state index contributed by atoms with van der Waals surface area (Å²) in [4.78, 5) is 4.17. The van der Waals surface area contributed by atoms with Crippen molar-refractivity contribution in [2.24, 2.45) is 0 Å². The summed E-state index contributed by atoms with van der Waals surface area (Å²) in [6.07, 6.45) is 0.285. The number of aromatic nitrogens is 3. The van der Waals surface area contributed by atoms with Crippen LogP contribution in [0.2, 0.25) is 0 Å². The number of benzene rings is 1. The molecule has 0 amide bonds. The molecule has 4 rings (SSSR count). The molecule has 0 N–H and O–H groups in total. The van der Waals surface area contributed by atoms with Gasteiger partial charge in [-0.1, -0.05) is 30.3 Å². The smallest absolute Gasteiger partial charge is 0.211 e. The molecule has 2 unspecified atom stereocenters. The maximum absolute atomic E-state index is 14.1. The van der Waals surface area contributed by atoms with Gasteiger partial charge < -0.3 is 0 Å². The average Bonchev–Trinajstić information content (AvgIpc) is 3.00. The van der Waals surface area contributed by atoms with Gasteiger partial charge in [-0.15, -0.1) is 5.10 Å². The molecule has 2 atom stereocenters. The molecule has 0 spiro atoms. The normalized spacial score (nSPS) is 24.4. The zero-order chi connectivity index (χ0) is 15.7. The van der Waals surface area contributed by atoms with Crippen LogP contribution in [0.5, 0.6) is 0 Å². The standard InChI is InChI=1S/C14H13F2N3S.CH3F/c15-10-8-11(9-4-2-1-3-5-9)19-12(10)17-13(18-19)20-14(16)6-7-14;1-2/h1-5,10-11H,6-8H2;1H3. The van der Waals surface area contributed by atoms with E-state index < -0.39 is 11.2 Å². The summed E-state index contributed by atoms with van der Waals surface area (Å²) in [7, 11) is 0.500. The number of rotatable bonds is 3. The van der Waals surface area contributed by atoms with Gasteiger partial charge in [0.25, 0.3) is 0 Å². The molecule has 1 aliphatic carbocycles. The molecule has 1 aromatic heterocycles. The number of fused-ring (bicyclic) bond motifs is 1. The van der Waals surface area contributed by atoms with Crippen LogP contribution in [0.15, 0.2) is 35.5 Å². The van der Waals surface area contributed by atoms with Crippen LogP contribution < -0.4 is 0 Å². The van der Waals surface area contributed by atoms with Crippen LogP contribution in [0.1, 0.15) is 42.9 Å². The van der Waals surface area contributed by atoms with Crippen LogP contribution in [0.25, 0.3) is 0 Å². The number of halogens is 3. The Kier molecular flexibility index (Phi) is 4.16. The van der Waals surface area contributed by atoms with E-state index in [0.717, 1.165) is 17.3 Å². The van der Waals surface area contributed by atoms with Gasteiger partial charge >= 0.3 is 0 Å². The van der Waals surface area contributed by atoms with Gasteiger partial charge in [0.1, 0.15) is 0 Å². The topological polar surface area (TPSA) is 30.7 Å². The fourth-order valence-electron chi connectivity index (χ4n) is 2.52. The van der Waals surface area contributed by atoms with Gasteiger partial charge in [-0.05, 0) is 30.2 Å². The number of hydrogen-bond donors (Lipinski definition) is 0. The zero-order valence-corrected chi connectivity index (χ0v) is 12.9. The van der Waals surface area contributed by atoms with E-state index in [1.807, 2.05) is 30.3 Å². The number of thioether (sulfide) groups is 1. The van der Waals surface area contributed by atoms with E-state index in [2.05, 4.69) is 10.1 Å². The van der Waals surface area contributed by atoms with Crippen LogP contribution in [0, 0.1) is 0 Å². The van der Waals surface area contributed by atoms with Gasteiger partial charge in [0, 0.05) is 6.42 Å². The van der Waals surface area contributed by atoms with Crippen molar-refractivity contribution in [3.63, 3.8) is 0 Å². The summed E-state index contributed by atoms with van der Waals surface area (Å²) in [5.41, 5.74) is 1.01. The van der Waals surface area contributed by atoms with Crippen molar-refractivity contribution >= 4 is 11.8 Å². The minimum atomic E-state index is -1.23. The highest BCUT2D eigenvalue weighted by atomic mass is 32.2. The van der Waals surface area contributed by atoms with Crippen molar-refractivity contribution in [3.8, 4) is 0 Å². The van der Waals surface area contributed by atoms with E-state index in [-0.39, 0.29) is 6.04 Å². The predicted octanol–water partition coefficient (Wildman–Crippen LogP) is 4.42. The third-order valence-electron chi connectivity index (χ3n) is 3.75. The number of nitrogens with zero attached hydrogens (tertiary/aromatic N) is 3. The van der Waals surface area contributed by atoms with Crippen molar-refractivity contribution in [3.05, 3.63) is 41.7 Å². The second-order valence-electron chi connectivity index (χ2n) is 5.31. The quantitative estimate of drug-likeness (QED) is 0.836. The Hall–Kier alpha value is -1.50. The maximum atomic E-state index is 14.1. The fraction of sp³-hybridized carbons (Fsp3) is 0.467. The molecule has 118 valence electrons. The first-order chi connectivity index (χ1) is 10.6. The molecule has 1 saturated carbocycles. The highest BCUT2D eigenvalue weighted by Crippen LogP contribution is 2.52. The van der Waals surface area contributed by atoms with Gasteiger partial charge in [-0.3, -0.25) is 4.39 Å². The highest BCUT2D eigenvalue weighted by Gasteiger charge is 2.46. The van der Waals surface area contributed by atoms with Crippen LogP contribution in [-0.4, -0.2) is 26.9 Å². The van der Waals surface area contributed by atoms with E-state index in [9.17, 15) is 13.2 Å². The Morgan fingerprint density at radius 2 is 1.91 bits per heavy atom. The lowest BCUT2D eigenvalue weighted by Crippen LogP contribution is -2.07. The summed E-state index contributed by atoms with van der Waals surface area (Å²) in [6, 6.07) is 9.55. The molecular weight excluding hydrogens is 311 g/mol. The number of hydrogen-bond acceptors (Lipinski definition) is 3.